The van der Waals surface area contributed by atoms with Gasteiger partial charge < -0.3 is 20.4 Å². The predicted octanol–water partition coefficient (Wildman–Crippen LogP) is 3.01. The van der Waals surface area contributed by atoms with Crippen LogP contribution in [0.2, 0.25) is 0 Å². The monoisotopic (exact) mass is 366 g/mol. The van der Waals surface area contributed by atoms with Crippen molar-refractivity contribution in [2.45, 2.75) is 32.7 Å². The number of piperidine rings is 1. The van der Waals surface area contributed by atoms with Crippen LogP contribution >= 0.6 is 0 Å². The second-order valence-electron chi connectivity index (χ2n) is 7.38. The highest BCUT2D eigenvalue weighted by Crippen LogP contribution is 2.32. The van der Waals surface area contributed by atoms with E-state index in [9.17, 15) is 4.79 Å². The normalized spacial score (nSPS) is 17.4. The second kappa shape index (κ2) is 7.15. The van der Waals surface area contributed by atoms with E-state index < -0.39 is 0 Å². The highest BCUT2D eigenvalue weighted by molar-refractivity contribution is 6.11. The number of carbonyl (C=O) groups excluding carboxylic acids is 1. The van der Waals surface area contributed by atoms with Gasteiger partial charge in [-0.2, -0.15) is 4.98 Å². The fourth-order valence-electron chi connectivity index (χ4n) is 3.83. The average Bonchev–Trinajstić information content (AvgIpc) is 2.79. The Labute approximate surface area is 159 Å². The number of benzene rings is 1. The van der Waals surface area contributed by atoms with Crippen LogP contribution in [0.4, 0.5) is 23.1 Å². The van der Waals surface area contributed by atoms with Crippen LogP contribution in [0, 0.1) is 6.92 Å². The Kier molecular flexibility index (Phi) is 4.70. The lowest BCUT2D eigenvalue weighted by molar-refractivity contribution is 0.102. The van der Waals surface area contributed by atoms with Gasteiger partial charge in [-0.15, -0.1) is 0 Å². The van der Waals surface area contributed by atoms with E-state index in [0.29, 0.717) is 23.4 Å². The van der Waals surface area contributed by atoms with Crippen LogP contribution in [0.25, 0.3) is 0 Å². The molecule has 1 aromatic heterocycles. The molecule has 0 aliphatic carbocycles. The van der Waals surface area contributed by atoms with Crippen molar-refractivity contribution < 1.29 is 4.79 Å². The quantitative estimate of drug-likeness (QED) is 0.870. The Morgan fingerprint density at radius 1 is 1.22 bits per heavy atom. The molecule has 0 radical (unpaired) electrons. The highest BCUT2D eigenvalue weighted by atomic mass is 16.1. The molecule has 0 unspecified atom stereocenters. The number of carbonyl (C=O) groups is 1. The molecule has 3 heterocycles. The first-order valence-electron chi connectivity index (χ1n) is 9.56. The van der Waals surface area contributed by atoms with Crippen molar-refractivity contribution in [3.63, 3.8) is 0 Å². The molecule has 0 spiro atoms. The van der Waals surface area contributed by atoms with Gasteiger partial charge in [-0.1, -0.05) is 6.07 Å². The van der Waals surface area contributed by atoms with E-state index in [1.54, 1.807) is 6.20 Å². The minimum absolute atomic E-state index is 0.185. The SMILES string of the molecule is CCN(c1ncc2c(n1)Nc1ccc(C)cc1NC2=O)C1CCN(C)CC1. The lowest BCUT2D eigenvalue weighted by Crippen LogP contribution is -2.44. The smallest absolute Gasteiger partial charge is 0.261 e. The maximum Gasteiger partial charge on any atom is 0.261 e. The third-order valence-corrected chi connectivity index (χ3v) is 5.42. The fraction of sp³-hybridized carbons (Fsp3) is 0.450. The third kappa shape index (κ3) is 3.47. The number of aromatic nitrogens is 2. The lowest BCUT2D eigenvalue weighted by Gasteiger charge is -2.36. The van der Waals surface area contributed by atoms with Gasteiger partial charge in [0.05, 0.1) is 11.4 Å². The van der Waals surface area contributed by atoms with Crippen molar-refractivity contribution >= 4 is 29.0 Å². The van der Waals surface area contributed by atoms with Crippen LogP contribution in [0.1, 0.15) is 35.7 Å². The van der Waals surface area contributed by atoms with Crippen molar-refractivity contribution in [1.82, 2.24) is 14.9 Å². The van der Waals surface area contributed by atoms with Crippen LogP contribution in [0.15, 0.2) is 24.4 Å². The van der Waals surface area contributed by atoms with Crippen LogP contribution in [-0.4, -0.2) is 53.5 Å². The van der Waals surface area contributed by atoms with Crippen LogP contribution in [0.3, 0.4) is 0 Å². The predicted molar refractivity (Wildman–Crippen MR) is 108 cm³/mol. The minimum Gasteiger partial charge on any atom is -0.338 e. The minimum atomic E-state index is -0.185. The Morgan fingerprint density at radius 3 is 2.74 bits per heavy atom. The van der Waals surface area contributed by atoms with E-state index in [4.69, 9.17) is 4.98 Å². The van der Waals surface area contributed by atoms with E-state index in [2.05, 4.69) is 39.4 Å². The van der Waals surface area contributed by atoms with Gasteiger partial charge in [0.15, 0.2) is 0 Å². The summed E-state index contributed by atoms with van der Waals surface area (Å²) in [6.07, 6.45) is 3.83. The molecule has 1 fully saturated rings. The van der Waals surface area contributed by atoms with Crippen molar-refractivity contribution in [3.05, 3.63) is 35.5 Å². The number of anilines is 4. The molecule has 1 amide bonds. The summed E-state index contributed by atoms with van der Waals surface area (Å²) in [6.45, 7) is 7.14. The zero-order valence-electron chi connectivity index (χ0n) is 16.1. The molecule has 2 aromatic rings. The number of nitrogens with zero attached hydrogens (tertiary/aromatic N) is 4. The van der Waals surface area contributed by atoms with Gasteiger partial charge in [0.2, 0.25) is 5.95 Å². The Balaban J connectivity index is 1.66. The first-order valence-corrected chi connectivity index (χ1v) is 9.56. The number of amides is 1. The maximum atomic E-state index is 12.6. The molecule has 27 heavy (non-hydrogen) atoms. The molecule has 142 valence electrons. The molecule has 1 aromatic carbocycles. The van der Waals surface area contributed by atoms with Gasteiger partial charge in [0.25, 0.3) is 5.91 Å². The van der Waals surface area contributed by atoms with Crippen molar-refractivity contribution in [3.8, 4) is 0 Å². The van der Waals surface area contributed by atoms with E-state index in [0.717, 1.165) is 49.4 Å². The molecule has 2 aliphatic heterocycles. The standard InChI is InChI=1S/C20H26N6O/c1-4-26(14-7-9-25(3)10-8-14)20-21-12-15-18(24-20)22-16-6-5-13(2)11-17(16)23-19(15)27/h5-6,11-12,14H,4,7-10H2,1-3H3,(H,23,27)(H,21,22,24). The van der Waals surface area contributed by atoms with E-state index >= 15 is 0 Å². The maximum absolute atomic E-state index is 12.6. The third-order valence-electron chi connectivity index (χ3n) is 5.42. The summed E-state index contributed by atoms with van der Waals surface area (Å²) in [6, 6.07) is 6.37. The molecule has 7 heteroatoms. The molecule has 2 aliphatic rings. The summed E-state index contributed by atoms with van der Waals surface area (Å²) in [5, 5.41) is 6.27. The molecule has 7 nitrogen and oxygen atoms in total. The van der Waals surface area contributed by atoms with Gasteiger partial charge >= 0.3 is 0 Å². The number of rotatable bonds is 3. The average molecular weight is 366 g/mol. The second-order valence-corrected chi connectivity index (χ2v) is 7.38. The molecule has 0 atom stereocenters. The Bertz CT molecular complexity index is 860. The summed E-state index contributed by atoms with van der Waals surface area (Å²) in [4.78, 5) is 26.5. The Morgan fingerprint density at radius 2 is 2.00 bits per heavy atom. The molecule has 2 N–H and O–H groups in total. The molecular formula is C20H26N6O. The Hall–Kier alpha value is -2.67. The van der Waals surface area contributed by atoms with Crippen molar-refractivity contribution in [1.29, 1.82) is 0 Å². The first-order chi connectivity index (χ1) is 13.0. The summed E-state index contributed by atoms with van der Waals surface area (Å²) >= 11 is 0. The number of aryl methyl sites for hydroxylation is 1. The first kappa shape index (κ1) is 17.7. The van der Waals surface area contributed by atoms with Gasteiger partial charge in [-0.25, -0.2) is 4.98 Å². The topological polar surface area (TPSA) is 73.4 Å². The highest BCUT2D eigenvalue weighted by Gasteiger charge is 2.26. The van der Waals surface area contributed by atoms with Gasteiger partial charge in [-0.05, 0) is 64.5 Å². The summed E-state index contributed by atoms with van der Waals surface area (Å²) in [7, 11) is 2.16. The zero-order valence-corrected chi connectivity index (χ0v) is 16.1. The lowest BCUT2D eigenvalue weighted by atomic mass is 10.0. The number of hydrogen-bond donors (Lipinski definition) is 2. The zero-order chi connectivity index (χ0) is 19.0. The van der Waals surface area contributed by atoms with Gasteiger partial charge in [-0.3, -0.25) is 4.79 Å². The summed E-state index contributed by atoms with van der Waals surface area (Å²) in [5.74, 6) is 1.06. The number of likely N-dealkylation sites (tertiary alicyclic amines) is 1. The fourth-order valence-corrected chi connectivity index (χ4v) is 3.83. The summed E-state index contributed by atoms with van der Waals surface area (Å²) < 4.78 is 0. The number of fused-ring (bicyclic) bond motifs is 2. The largest absolute Gasteiger partial charge is 0.338 e. The molecule has 0 bridgehead atoms. The van der Waals surface area contributed by atoms with E-state index in [1.807, 2.05) is 25.1 Å². The van der Waals surface area contributed by atoms with E-state index in [-0.39, 0.29) is 5.91 Å². The molecule has 1 saturated heterocycles. The van der Waals surface area contributed by atoms with Gasteiger partial charge in [0, 0.05) is 18.8 Å². The number of nitrogens with one attached hydrogen (secondary N) is 2. The molecule has 0 saturated carbocycles. The molecule has 4 rings (SSSR count). The van der Waals surface area contributed by atoms with Crippen LogP contribution < -0.4 is 15.5 Å². The van der Waals surface area contributed by atoms with Crippen LogP contribution in [-0.2, 0) is 0 Å². The van der Waals surface area contributed by atoms with E-state index in [1.165, 1.54) is 0 Å². The molecular weight excluding hydrogens is 340 g/mol. The van der Waals surface area contributed by atoms with Crippen LogP contribution in [0.5, 0.6) is 0 Å². The van der Waals surface area contributed by atoms with Gasteiger partial charge in [0.1, 0.15) is 11.4 Å². The summed E-state index contributed by atoms with van der Waals surface area (Å²) in [5.41, 5.74) is 3.17. The van der Waals surface area contributed by atoms with Crippen molar-refractivity contribution in [2.24, 2.45) is 0 Å². The number of hydrogen-bond acceptors (Lipinski definition) is 6. The van der Waals surface area contributed by atoms with Crippen molar-refractivity contribution in [2.75, 3.05) is 42.2 Å².